The Bertz CT molecular complexity index is 1080. The van der Waals surface area contributed by atoms with Gasteiger partial charge in [-0.15, -0.1) is 0 Å². The molecule has 0 N–H and O–H groups in total. The molecule has 2 aromatic carbocycles. The lowest BCUT2D eigenvalue weighted by Crippen LogP contribution is -2.47. The van der Waals surface area contributed by atoms with Gasteiger partial charge in [-0.1, -0.05) is 46.9 Å². The fourth-order valence-electron chi connectivity index (χ4n) is 3.36. The number of rotatable bonds is 3. The zero-order valence-corrected chi connectivity index (χ0v) is 18.5. The lowest BCUT2D eigenvalue weighted by Gasteiger charge is -2.32. The maximum atomic E-state index is 13.0. The number of halogens is 3. The SMILES string of the molecule is CN1CCN(C(=O)c2ncc(-c3ccc(Cl)cc3)c(-c3ccc(Cl)cc3Cl)n2)CC1. The van der Waals surface area contributed by atoms with Crippen LogP contribution in [0.3, 0.4) is 0 Å². The number of aromatic nitrogens is 2. The van der Waals surface area contributed by atoms with Gasteiger partial charge < -0.3 is 9.80 Å². The van der Waals surface area contributed by atoms with Crippen LogP contribution in [0.2, 0.25) is 15.1 Å². The highest BCUT2D eigenvalue weighted by atomic mass is 35.5. The van der Waals surface area contributed by atoms with Gasteiger partial charge in [0.25, 0.3) is 5.91 Å². The normalized spacial score (nSPS) is 14.7. The van der Waals surface area contributed by atoms with Crippen molar-refractivity contribution >= 4 is 40.7 Å². The lowest BCUT2D eigenvalue weighted by atomic mass is 10.0. The number of carbonyl (C=O) groups is 1. The highest BCUT2D eigenvalue weighted by Crippen LogP contribution is 2.36. The molecule has 1 saturated heterocycles. The van der Waals surface area contributed by atoms with Crippen molar-refractivity contribution in [2.75, 3.05) is 33.2 Å². The Labute approximate surface area is 190 Å². The van der Waals surface area contributed by atoms with Gasteiger partial charge in [-0.2, -0.15) is 0 Å². The highest BCUT2D eigenvalue weighted by Gasteiger charge is 2.24. The molecule has 0 radical (unpaired) electrons. The van der Waals surface area contributed by atoms with E-state index in [9.17, 15) is 4.79 Å². The molecule has 4 rings (SSSR count). The molecule has 30 heavy (non-hydrogen) atoms. The van der Waals surface area contributed by atoms with E-state index < -0.39 is 0 Å². The number of likely N-dealkylation sites (N-methyl/N-ethyl adjacent to an activating group) is 1. The van der Waals surface area contributed by atoms with Crippen LogP contribution in [0.25, 0.3) is 22.4 Å². The van der Waals surface area contributed by atoms with E-state index in [1.54, 1.807) is 41.4 Å². The Balaban J connectivity index is 1.79. The first-order valence-corrected chi connectivity index (χ1v) is 10.6. The Morgan fingerprint density at radius 2 is 1.57 bits per heavy atom. The van der Waals surface area contributed by atoms with Crippen molar-refractivity contribution in [1.29, 1.82) is 0 Å². The number of carbonyl (C=O) groups excluding carboxylic acids is 1. The van der Waals surface area contributed by atoms with Gasteiger partial charge in [0, 0.05) is 53.5 Å². The maximum absolute atomic E-state index is 13.0. The first-order chi connectivity index (χ1) is 14.4. The monoisotopic (exact) mass is 460 g/mol. The molecule has 1 aliphatic heterocycles. The fourth-order valence-corrected chi connectivity index (χ4v) is 3.99. The summed E-state index contributed by atoms with van der Waals surface area (Å²) in [6.45, 7) is 2.94. The molecule has 0 saturated carbocycles. The molecule has 0 spiro atoms. The third-order valence-corrected chi connectivity index (χ3v) is 5.91. The summed E-state index contributed by atoms with van der Waals surface area (Å²) < 4.78 is 0. The number of amides is 1. The first kappa shape index (κ1) is 21.1. The summed E-state index contributed by atoms with van der Waals surface area (Å²) in [5, 5.41) is 1.61. The summed E-state index contributed by atoms with van der Waals surface area (Å²) in [7, 11) is 2.04. The molecule has 154 valence electrons. The lowest BCUT2D eigenvalue weighted by molar-refractivity contribution is 0.0652. The van der Waals surface area contributed by atoms with Crippen LogP contribution in [-0.2, 0) is 0 Å². The summed E-state index contributed by atoms with van der Waals surface area (Å²) in [5.41, 5.74) is 2.89. The highest BCUT2D eigenvalue weighted by molar-refractivity contribution is 6.36. The summed E-state index contributed by atoms with van der Waals surface area (Å²) in [5.74, 6) is -0.0321. The van der Waals surface area contributed by atoms with E-state index in [1.165, 1.54) is 0 Å². The van der Waals surface area contributed by atoms with Crippen LogP contribution in [0.15, 0.2) is 48.7 Å². The Morgan fingerprint density at radius 1 is 0.900 bits per heavy atom. The van der Waals surface area contributed by atoms with Gasteiger partial charge in [0.2, 0.25) is 5.82 Å². The zero-order chi connectivity index (χ0) is 21.3. The number of benzene rings is 2. The van der Waals surface area contributed by atoms with Crippen molar-refractivity contribution in [3.05, 3.63) is 69.6 Å². The molecule has 0 aliphatic carbocycles. The van der Waals surface area contributed by atoms with Gasteiger partial charge in [-0.05, 0) is 42.9 Å². The minimum Gasteiger partial charge on any atom is -0.333 e. The standard InChI is InChI=1S/C22H19Cl3N4O/c1-28-8-10-29(11-9-28)22(30)21-26-13-18(14-2-4-15(23)5-3-14)20(27-21)17-7-6-16(24)12-19(17)25/h2-7,12-13H,8-11H2,1H3. The van der Waals surface area contributed by atoms with E-state index in [1.807, 2.05) is 19.2 Å². The quantitative estimate of drug-likeness (QED) is 0.541. The summed E-state index contributed by atoms with van der Waals surface area (Å²) in [6.07, 6.45) is 1.67. The number of hydrogen-bond donors (Lipinski definition) is 0. The smallest absolute Gasteiger partial charge is 0.291 e. The van der Waals surface area contributed by atoms with E-state index >= 15 is 0 Å². The average Bonchev–Trinajstić information content (AvgIpc) is 2.74. The molecule has 0 atom stereocenters. The molecule has 5 nitrogen and oxygen atoms in total. The van der Waals surface area contributed by atoms with Gasteiger partial charge in [-0.25, -0.2) is 9.97 Å². The minimum absolute atomic E-state index is 0.151. The molecule has 8 heteroatoms. The van der Waals surface area contributed by atoms with Crippen molar-refractivity contribution in [1.82, 2.24) is 19.8 Å². The van der Waals surface area contributed by atoms with Crippen molar-refractivity contribution in [2.24, 2.45) is 0 Å². The van der Waals surface area contributed by atoms with E-state index in [0.29, 0.717) is 39.4 Å². The van der Waals surface area contributed by atoms with Crippen LogP contribution in [0.4, 0.5) is 0 Å². The van der Waals surface area contributed by atoms with Crippen LogP contribution in [0.5, 0.6) is 0 Å². The van der Waals surface area contributed by atoms with Gasteiger partial charge in [-0.3, -0.25) is 4.79 Å². The predicted molar refractivity (Wildman–Crippen MR) is 121 cm³/mol. The Hall–Kier alpha value is -2.18. The number of piperazine rings is 1. The van der Waals surface area contributed by atoms with Crippen molar-refractivity contribution in [3.63, 3.8) is 0 Å². The fraction of sp³-hybridized carbons (Fsp3) is 0.227. The number of nitrogens with zero attached hydrogens (tertiary/aromatic N) is 4. The van der Waals surface area contributed by atoms with Crippen molar-refractivity contribution in [3.8, 4) is 22.4 Å². The maximum Gasteiger partial charge on any atom is 0.291 e. The second-order valence-electron chi connectivity index (χ2n) is 7.18. The Morgan fingerprint density at radius 3 is 2.23 bits per heavy atom. The van der Waals surface area contributed by atoms with E-state index in [4.69, 9.17) is 34.8 Å². The minimum atomic E-state index is -0.183. The molecular weight excluding hydrogens is 443 g/mol. The van der Waals surface area contributed by atoms with Crippen LogP contribution in [0, 0.1) is 0 Å². The molecule has 1 amide bonds. The Kier molecular flexibility index (Phi) is 6.25. The van der Waals surface area contributed by atoms with Gasteiger partial charge >= 0.3 is 0 Å². The van der Waals surface area contributed by atoms with E-state index in [2.05, 4.69) is 14.9 Å². The molecule has 0 bridgehead atoms. The zero-order valence-electron chi connectivity index (χ0n) is 16.3. The van der Waals surface area contributed by atoms with Gasteiger partial charge in [0.15, 0.2) is 0 Å². The van der Waals surface area contributed by atoms with Crippen LogP contribution in [-0.4, -0.2) is 58.9 Å². The summed E-state index contributed by atoms with van der Waals surface area (Å²) >= 11 is 18.6. The summed E-state index contributed by atoms with van der Waals surface area (Å²) in [6, 6.07) is 12.6. The molecular formula is C22H19Cl3N4O. The first-order valence-electron chi connectivity index (χ1n) is 9.48. The topological polar surface area (TPSA) is 49.3 Å². The molecule has 1 aromatic heterocycles. The molecule has 1 fully saturated rings. The van der Waals surface area contributed by atoms with E-state index in [0.717, 1.165) is 24.2 Å². The molecule has 1 aliphatic rings. The second kappa shape index (κ2) is 8.90. The molecule has 2 heterocycles. The largest absolute Gasteiger partial charge is 0.333 e. The third kappa shape index (κ3) is 4.44. The van der Waals surface area contributed by atoms with Crippen LogP contribution in [0.1, 0.15) is 10.6 Å². The van der Waals surface area contributed by atoms with Crippen LogP contribution < -0.4 is 0 Å². The number of hydrogen-bond acceptors (Lipinski definition) is 4. The predicted octanol–water partition coefficient (Wildman–Crippen LogP) is 5.16. The average molecular weight is 462 g/mol. The van der Waals surface area contributed by atoms with Crippen molar-refractivity contribution < 1.29 is 4.79 Å². The van der Waals surface area contributed by atoms with Gasteiger partial charge in [0.05, 0.1) is 10.7 Å². The summed E-state index contributed by atoms with van der Waals surface area (Å²) in [4.78, 5) is 26.0. The van der Waals surface area contributed by atoms with Gasteiger partial charge in [0.1, 0.15) is 0 Å². The van der Waals surface area contributed by atoms with Crippen LogP contribution >= 0.6 is 34.8 Å². The molecule has 0 unspecified atom stereocenters. The van der Waals surface area contributed by atoms with Crippen molar-refractivity contribution in [2.45, 2.75) is 0 Å². The van der Waals surface area contributed by atoms with E-state index in [-0.39, 0.29) is 11.7 Å². The third-order valence-electron chi connectivity index (χ3n) is 5.11. The molecule has 3 aromatic rings. The second-order valence-corrected chi connectivity index (χ2v) is 8.46.